The Hall–Kier alpha value is -3.43. The number of anilines is 2. The van der Waals surface area contributed by atoms with Gasteiger partial charge in [-0.2, -0.15) is 4.98 Å². The van der Waals surface area contributed by atoms with E-state index in [4.69, 9.17) is 4.98 Å². The predicted octanol–water partition coefficient (Wildman–Crippen LogP) is 3.86. The molecular weight excluding hydrogens is 421 g/mol. The largest absolute Gasteiger partial charge is 0.340 e. The molecule has 5 rings (SSSR count). The molecule has 0 aliphatic carbocycles. The average molecular weight is 442 g/mol. The zero-order chi connectivity index (χ0) is 22.6. The van der Waals surface area contributed by atoms with E-state index in [2.05, 4.69) is 14.9 Å². The number of piperidine rings is 1. The van der Waals surface area contributed by atoms with Gasteiger partial charge in [0.2, 0.25) is 5.95 Å². The zero-order valence-corrected chi connectivity index (χ0v) is 17.6. The molecule has 10 heteroatoms. The van der Waals surface area contributed by atoms with Gasteiger partial charge in [0.15, 0.2) is 23.3 Å². The highest BCUT2D eigenvalue weighted by Crippen LogP contribution is 2.44. The lowest BCUT2D eigenvalue weighted by atomic mass is 9.81. The number of benzene rings is 1. The minimum Gasteiger partial charge on any atom is -0.340 e. The molecule has 3 aromatic rings. The van der Waals surface area contributed by atoms with Crippen LogP contribution in [0.15, 0.2) is 30.7 Å². The SMILES string of the molecule is CC[C@@]12CCCCN1c1nc(-n3ccnc3-c3cc(F)c(F)c(F)c3)ncc1N(C)C2=O. The Balaban J connectivity index is 1.64. The average Bonchev–Trinajstić information content (AvgIpc) is 3.30. The molecule has 0 saturated carbocycles. The monoisotopic (exact) mass is 442 g/mol. The van der Waals surface area contributed by atoms with E-state index in [1.807, 2.05) is 6.92 Å². The Morgan fingerprint density at radius 1 is 1.12 bits per heavy atom. The van der Waals surface area contributed by atoms with E-state index < -0.39 is 23.0 Å². The number of hydrogen-bond donors (Lipinski definition) is 0. The fraction of sp³-hybridized carbons (Fsp3) is 0.364. The van der Waals surface area contributed by atoms with Crippen LogP contribution < -0.4 is 9.80 Å². The van der Waals surface area contributed by atoms with Gasteiger partial charge in [0.05, 0.1) is 6.20 Å². The third-order valence-electron chi connectivity index (χ3n) is 6.48. The van der Waals surface area contributed by atoms with Gasteiger partial charge in [0.1, 0.15) is 17.1 Å². The summed E-state index contributed by atoms with van der Waals surface area (Å²) in [7, 11) is 1.72. The highest BCUT2D eigenvalue weighted by Gasteiger charge is 2.51. The standard InChI is InChI=1S/C22H21F3N6O/c1-3-22-6-4-5-8-31(22)19-16(29(2)20(22)32)12-27-21(28-19)30-9-7-26-18(30)13-10-14(23)17(25)15(24)11-13/h7,9-12H,3-6,8H2,1-2H3/t22-/m0/s1. The van der Waals surface area contributed by atoms with E-state index in [1.54, 1.807) is 24.3 Å². The Morgan fingerprint density at radius 3 is 2.59 bits per heavy atom. The number of nitrogens with zero attached hydrogens (tertiary/aromatic N) is 6. The number of aromatic nitrogens is 4. The van der Waals surface area contributed by atoms with Gasteiger partial charge in [0, 0.05) is 31.5 Å². The number of carbonyl (C=O) groups excluding carboxylic acids is 1. The molecule has 32 heavy (non-hydrogen) atoms. The number of fused-ring (bicyclic) bond motifs is 3. The lowest BCUT2D eigenvalue weighted by molar-refractivity contribution is -0.124. The van der Waals surface area contributed by atoms with Crippen LogP contribution in [0, 0.1) is 17.5 Å². The zero-order valence-electron chi connectivity index (χ0n) is 17.6. The van der Waals surface area contributed by atoms with Gasteiger partial charge in [-0.1, -0.05) is 6.92 Å². The lowest BCUT2D eigenvalue weighted by Crippen LogP contribution is -2.64. The first-order chi connectivity index (χ1) is 15.4. The second kappa shape index (κ2) is 7.32. The Labute approximate surface area is 182 Å². The summed E-state index contributed by atoms with van der Waals surface area (Å²) < 4.78 is 42.5. The van der Waals surface area contributed by atoms with Crippen molar-refractivity contribution in [3.63, 3.8) is 0 Å². The Morgan fingerprint density at radius 2 is 1.88 bits per heavy atom. The highest BCUT2D eigenvalue weighted by molar-refractivity contribution is 6.07. The van der Waals surface area contributed by atoms with Crippen molar-refractivity contribution in [2.75, 3.05) is 23.4 Å². The predicted molar refractivity (Wildman–Crippen MR) is 112 cm³/mol. The van der Waals surface area contributed by atoms with Crippen molar-refractivity contribution in [3.05, 3.63) is 48.2 Å². The molecule has 0 bridgehead atoms. The van der Waals surface area contributed by atoms with Crippen molar-refractivity contribution in [1.82, 2.24) is 19.5 Å². The fourth-order valence-corrected chi connectivity index (χ4v) is 4.78. The molecule has 2 aliphatic rings. The maximum atomic E-state index is 13.8. The third kappa shape index (κ3) is 2.81. The van der Waals surface area contributed by atoms with Gasteiger partial charge >= 0.3 is 0 Å². The van der Waals surface area contributed by atoms with E-state index in [1.165, 1.54) is 10.8 Å². The first-order valence-electron chi connectivity index (χ1n) is 10.5. The summed E-state index contributed by atoms with van der Waals surface area (Å²) in [5.74, 6) is -3.07. The van der Waals surface area contributed by atoms with Crippen molar-refractivity contribution < 1.29 is 18.0 Å². The first-order valence-corrected chi connectivity index (χ1v) is 10.5. The quantitative estimate of drug-likeness (QED) is 0.577. The van der Waals surface area contributed by atoms with Crippen LogP contribution in [-0.2, 0) is 4.79 Å². The summed E-state index contributed by atoms with van der Waals surface area (Å²) in [6.07, 6.45) is 7.89. The number of amides is 1. The van der Waals surface area contributed by atoms with E-state index in [0.29, 0.717) is 24.5 Å². The molecular formula is C22H21F3N6O. The van der Waals surface area contributed by atoms with E-state index >= 15 is 0 Å². The van der Waals surface area contributed by atoms with Crippen molar-refractivity contribution in [2.24, 2.45) is 0 Å². The first kappa shape index (κ1) is 20.5. The molecule has 4 heterocycles. The van der Waals surface area contributed by atoms with Gasteiger partial charge in [-0.15, -0.1) is 0 Å². The molecule has 1 fully saturated rings. The molecule has 166 valence electrons. The van der Waals surface area contributed by atoms with Gasteiger partial charge in [-0.05, 0) is 37.8 Å². The molecule has 0 spiro atoms. The highest BCUT2D eigenvalue weighted by atomic mass is 19.2. The van der Waals surface area contributed by atoms with Gasteiger partial charge in [-0.3, -0.25) is 9.36 Å². The minimum atomic E-state index is -1.54. The van der Waals surface area contributed by atoms with Crippen molar-refractivity contribution >= 4 is 17.4 Å². The molecule has 0 unspecified atom stereocenters. The lowest BCUT2D eigenvalue weighted by Gasteiger charge is -2.51. The third-order valence-corrected chi connectivity index (χ3v) is 6.48. The second-order valence-electron chi connectivity index (χ2n) is 8.11. The van der Waals surface area contributed by atoms with Gasteiger partial charge < -0.3 is 9.80 Å². The van der Waals surface area contributed by atoms with E-state index in [9.17, 15) is 18.0 Å². The maximum Gasteiger partial charge on any atom is 0.252 e. The molecule has 2 aliphatic heterocycles. The van der Waals surface area contributed by atoms with Crippen LogP contribution in [0.5, 0.6) is 0 Å². The summed E-state index contributed by atoms with van der Waals surface area (Å²) in [5, 5.41) is 0. The molecule has 0 N–H and O–H groups in total. The van der Waals surface area contributed by atoms with E-state index in [0.717, 1.165) is 31.4 Å². The number of rotatable bonds is 3. The van der Waals surface area contributed by atoms with Gasteiger partial charge in [0.25, 0.3) is 5.91 Å². The normalized spacial score (nSPS) is 20.3. The van der Waals surface area contributed by atoms with Crippen LogP contribution in [0.3, 0.4) is 0 Å². The molecule has 0 radical (unpaired) electrons. The van der Waals surface area contributed by atoms with Crippen LogP contribution in [0.1, 0.15) is 32.6 Å². The van der Waals surface area contributed by atoms with Crippen molar-refractivity contribution in [2.45, 2.75) is 38.1 Å². The van der Waals surface area contributed by atoms with Gasteiger partial charge in [-0.25, -0.2) is 23.1 Å². The number of likely N-dealkylation sites (N-methyl/N-ethyl adjacent to an activating group) is 1. The second-order valence-corrected chi connectivity index (χ2v) is 8.11. The number of hydrogen-bond acceptors (Lipinski definition) is 5. The summed E-state index contributed by atoms with van der Waals surface area (Å²) in [6.45, 7) is 2.70. The topological polar surface area (TPSA) is 67.2 Å². The molecule has 1 atom stereocenters. The summed E-state index contributed by atoms with van der Waals surface area (Å²) in [5.41, 5.74) is 0.0123. The Bertz CT molecular complexity index is 1210. The van der Waals surface area contributed by atoms with Crippen molar-refractivity contribution in [1.29, 1.82) is 0 Å². The maximum absolute atomic E-state index is 13.8. The number of halogens is 3. The summed E-state index contributed by atoms with van der Waals surface area (Å²) in [6, 6.07) is 1.77. The fourth-order valence-electron chi connectivity index (χ4n) is 4.78. The molecule has 7 nitrogen and oxygen atoms in total. The van der Waals surface area contributed by atoms with Crippen LogP contribution in [0.25, 0.3) is 17.3 Å². The van der Waals surface area contributed by atoms with Crippen LogP contribution >= 0.6 is 0 Å². The Kier molecular flexibility index (Phi) is 4.68. The van der Waals surface area contributed by atoms with Crippen LogP contribution in [0.2, 0.25) is 0 Å². The smallest absolute Gasteiger partial charge is 0.252 e. The molecule has 2 aromatic heterocycles. The van der Waals surface area contributed by atoms with Crippen LogP contribution in [-0.4, -0.2) is 44.6 Å². The van der Waals surface area contributed by atoms with E-state index in [-0.39, 0.29) is 23.2 Å². The summed E-state index contributed by atoms with van der Waals surface area (Å²) in [4.78, 5) is 30.2. The summed E-state index contributed by atoms with van der Waals surface area (Å²) >= 11 is 0. The minimum absolute atomic E-state index is 0.0316. The molecule has 1 amide bonds. The van der Waals surface area contributed by atoms with Crippen LogP contribution in [0.4, 0.5) is 24.7 Å². The molecule has 1 saturated heterocycles. The van der Waals surface area contributed by atoms with Crippen molar-refractivity contribution in [3.8, 4) is 17.3 Å². The number of carbonyl (C=O) groups is 1. The number of imidazole rings is 1. The molecule has 1 aromatic carbocycles.